The molecule has 0 saturated heterocycles. The van der Waals surface area contributed by atoms with E-state index in [1.807, 2.05) is 0 Å². The molecule has 0 heterocycles. The van der Waals surface area contributed by atoms with E-state index in [4.69, 9.17) is 9.29 Å². The number of nitrogens with one attached hydrogen (secondary N) is 1. The molecule has 0 rings (SSSR count). The van der Waals surface area contributed by atoms with Gasteiger partial charge in [-0.05, 0) is 40.5 Å². The van der Waals surface area contributed by atoms with Gasteiger partial charge < -0.3 is 10.1 Å². The topological polar surface area (TPSA) is 92.7 Å². The highest BCUT2D eigenvalue weighted by atomic mass is 32.2. The van der Waals surface area contributed by atoms with Crippen molar-refractivity contribution < 1.29 is 22.5 Å². The van der Waals surface area contributed by atoms with Crippen LogP contribution in [0.5, 0.6) is 0 Å². The number of amides is 1. The highest BCUT2D eigenvalue weighted by molar-refractivity contribution is 7.85. The van der Waals surface area contributed by atoms with Crippen LogP contribution in [0.1, 0.15) is 40.5 Å². The maximum atomic E-state index is 11.3. The van der Waals surface area contributed by atoms with E-state index >= 15 is 0 Å². The van der Waals surface area contributed by atoms with E-state index in [1.54, 1.807) is 27.7 Å². The number of alkyl carbamates (subject to hydrolysis) is 1. The highest BCUT2D eigenvalue weighted by Gasteiger charge is 2.17. The van der Waals surface area contributed by atoms with Gasteiger partial charge in [0, 0.05) is 6.04 Å². The summed E-state index contributed by atoms with van der Waals surface area (Å²) in [5.74, 6) is -0.298. The van der Waals surface area contributed by atoms with Crippen LogP contribution in [0, 0.1) is 0 Å². The Hall–Kier alpha value is -0.820. The molecular formula is C10H21NO5S. The van der Waals surface area contributed by atoms with Gasteiger partial charge in [-0.15, -0.1) is 0 Å². The van der Waals surface area contributed by atoms with Crippen molar-refractivity contribution in [2.24, 2.45) is 0 Å². The van der Waals surface area contributed by atoms with Crippen LogP contribution in [-0.2, 0) is 14.9 Å². The van der Waals surface area contributed by atoms with Crippen molar-refractivity contribution in [1.82, 2.24) is 5.32 Å². The van der Waals surface area contributed by atoms with Gasteiger partial charge in [0.05, 0.1) is 5.75 Å². The van der Waals surface area contributed by atoms with Gasteiger partial charge in [0.15, 0.2) is 0 Å². The molecule has 7 heteroatoms. The predicted octanol–water partition coefficient (Wildman–Crippen LogP) is 1.57. The van der Waals surface area contributed by atoms with Crippen molar-refractivity contribution >= 4 is 16.2 Å². The first-order chi connectivity index (χ1) is 7.49. The minimum absolute atomic E-state index is 0.202. The van der Waals surface area contributed by atoms with E-state index in [9.17, 15) is 13.2 Å². The van der Waals surface area contributed by atoms with Crippen LogP contribution in [0.4, 0.5) is 4.79 Å². The van der Waals surface area contributed by atoms with Gasteiger partial charge in [-0.2, -0.15) is 8.42 Å². The van der Waals surface area contributed by atoms with Crippen molar-refractivity contribution in [2.45, 2.75) is 52.2 Å². The molecule has 1 amide bonds. The molecule has 6 nitrogen and oxygen atoms in total. The zero-order valence-electron chi connectivity index (χ0n) is 10.7. The summed E-state index contributed by atoms with van der Waals surface area (Å²) in [6.45, 7) is 7.02. The van der Waals surface area contributed by atoms with E-state index < -0.39 is 21.8 Å². The smallest absolute Gasteiger partial charge is 0.407 e. The normalized spacial score (nSPS) is 14.2. The Balaban J connectivity index is 3.87. The second kappa shape index (κ2) is 6.20. The first kappa shape index (κ1) is 16.2. The maximum absolute atomic E-state index is 11.3. The third kappa shape index (κ3) is 11.4. The lowest BCUT2D eigenvalue weighted by Gasteiger charge is -2.21. The van der Waals surface area contributed by atoms with Gasteiger partial charge >= 0.3 is 6.09 Å². The standard InChI is InChI=1S/C10H21NO5S/c1-8(6-5-7-17(13,14)15)11-9(12)16-10(2,3)4/h8H,5-7H2,1-4H3,(H,11,12)(H,13,14,15)/t8-/m1/s1. The summed E-state index contributed by atoms with van der Waals surface area (Å²) in [5.41, 5.74) is -0.557. The fourth-order valence-corrected chi connectivity index (χ4v) is 1.68. The predicted molar refractivity (Wildman–Crippen MR) is 64.5 cm³/mol. The minimum Gasteiger partial charge on any atom is -0.444 e. The number of ether oxygens (including phenoxy) is 1. The fraction of sp³-hybridized carbons (Fsp3) is 0.900. The molecule has 0 fully saturated rings. The second-order valence-corrected chi connectivity index (χ2v) is 6.55. The zero-order valence-corrected chi connectivity index (χ0v) is 11.5. The number of carbonyl (C=O) groups excluding carboxylic acids is 1. The van der Waals surface area contributed by atoms with E-state index in [0.29, 0.717) is 6.42 Å². The van der Waals surface area contributed by atoms with Crippen molar-refractivity contribution in [2.75, 3.05) is 5.75 Å². The molecule has 0 aromatic carbocycles. The molecule has 102 valence electrons. The van der Waals surface area contributed by atoms with Crippen molar-refractivity contribution in [1.29, 1.82) is 0 Å². The monoisotopic (exact) mass is 267 g/mol. The van der Waals surface area contributed by atoms with Crippen LogP contribution >= 0.6 is 0 Å². The Bertz CT molecular complexity index is 344. The lowest BCUT2D eigenvalue weighted by atomic mass is 10.2. The number of rotatable bonds is 5. The van der Waals surface area contributed by atoms with Crippen LogP contribution in [0.2, 0.25) is 0 Å². The summed E-state index contributed by atoms with van der Waals surface area (Å²) in [6.07, 6.45) is 0.214. The first-order valence-electron chi connectivity index (χ1n) is 5.44. The minimum atomic E-state index is -3.92. The Morgan fingerprint density at radius 2 is 1.94 bits per heavy atom. The fourth-order valence-electron chi connectivity index (χ4n) is 1.15. The molecule has 1 atom stereocenters. The molecule has 0 aliphatic carbocycles. The SMILES string of the molecule is C[C@H](CCCS(=O)(=O)O)NC(=O)OC(C)(C)C. The van der Waals surface area contributed by atoms with E-state index in [1.165, 1.54) is 0 Å². The Morgan fingerprint density at radius 1 is 1.41 bits per heavy atom. The lowest BCUT2D eigenvalue weighted by molar-refractivity contribution is 0.0506. The highest BCUT2D eigenvalue weighted by Crippen LogP contribution is 2.07. The van der Waals surface area contributed by atoms with Crippen LogP contribution in [0.15, 0.2) is 0 Å². The number of carbonyl (C=O) groups is 1. The van der Waals surface area contributed by atoms with E-state index in [2.05, 4.69) is 5.32 Å². The molecule has 0 aromatic heterocycles. The maximum Gasteiger partial charge on any atom is 0.407 e. The number of hydrogen-bond acceptors (Lipinski definition) is 4. The first-order valence-corrected chi connectivity index (χ1v) is 7.05. The largest absolute Gasteiger partial charge is 0.444 e. The van der Waals surface area contributed by atoms with Crippen molar-refractivity contribution in [3.8, 4) is 0 Å². The third-order valence-electron chi connectivity index (χ3n) is 1.80. The van der Waals surface area contributed by atoms with E-state index in [-0.39, 0.29) is 18.2 Å². The van der Waals surface area contributed by atoms with Gasteiger partial charge in [0.1, 0.15) is 5.60 Å². The molecular weight excluding hydrogens is 246 g/mol. The molecule has 0 spiro atoms. The lowest BCUT2D eigenvalue weighted by Crippen LogP contribution is -2.37. The average Bonchev–Trinajstić information content (AvgIpc) is 1.96. The summed E-state index contributed by atoms with van der Waals surface area (Å²) >= 11 is 0. The summed E-state index contributed by atoms with van der Waals surface area (Å²) in [6, 6.07) is -0.202. The molecule has 2 N–H and O–H groups in total. The van der Waals surface area contributed by atoms with Gasteiger partial charge in [0.2, 0.25) is 0 Å². The van der Waals surface area contributed by atoms with Crippen LogP contribution in [0.25, 0.3) is 0 Å². The average molecular weight is 267 g/mol. The van der Waals surface area contributed by atoms with Gasteiger partial charge in [-0.1, -0.05) is 0 Å². The summed E-state index contributed by atoms with van der Waals surface area (Å²) in [5, 5.41) is 2.59. The molecule has 17 heavy (non-hydrogen) atoms. The quantitative estimate of drug-likeness (QED) is 0.737. The third-order valence-corrected chi connectivity index (χ3v) is 2.61. The molecule has 0 aliphatic heterocycles. The Labute approximate surface area is 102 Å². The Kier molecular flexibility index (Phi) is 5.91. The molecule has 0 saturated carbocycles. The molecule has 0 radical (unpaired) electrons. The second-order valence-electron chi connectivity index (χ2n) is 4.98. The number of hydrogen-bond donors (Lipinski definition) is 2. The van der Waals surface area contributed by atoms with Gasteiger partial charge in [0.25, 0.3) is 10.1 Å². The summed E-state index contributed by atoms with van der Waals surface area (Å²) < 4.78 is 34.5. The molecule has 0 aliphatic rings. The van der Waals surface area contributed by atoms with Crippen LogP contribution in [0.3, 0.4) is 0 Å². The van der Waals surface area contributed by atoms with Crippen molar-refractivity contribution in [3.63, 3.8) is 0 Å². The summed E-state index contributed by atoms with van der Waals surface area (Å²) in [4.78, 5) is 11.3. The van der Waals surface area contributed by atoms with Crippen LogP contribution in [-0.4, -0.2) is 36.5 Å². The zero-order chi connectivity index (χ0) is 13.7. The Morgan fingerprint density at radius 3 is 2.35 bits per heavy atom. The molecule has 0 unspecified atom stereocenters. The molecule has 0 bridgehead atoms. The van der Waals surface area contributed by atoms with Crippen LogP contribution < -0.4 is 5.32 Å². The summed E-state index contributed by atoms with van der Waals surface area (Å²) in [7, 11) is -3.92. The van der Waals surface area contributed by atoms with E-state index in [0.717, 1.165) is 0 Å². The molecule has 0 aromatic rings. The van der Waals surface area contributed by atoms with Crippen molar-refractivity contribution in [3.05, 3.63) is 0 Å². The van der Waals surface area contributed by atoms with Gasteiger partial charge in [-0.25, -0.2) is 4.79 Å². The van der Waals surface area contributed by atoms with Gasteiger partial charge in [-0.3, -0.25) is 4.55 Å².